The third kappa shape index (κ3) is 3.13. The number of halogens is 1. The molecule has 0 fully saturated rings. The molecular weight excluding hydrogens is 353 g/mol. The number of hydrogen-bond donors (Lipinski definition) is 3. The van der Waals surface area contributed by atoms with Gasteiger partial charge in [0.1, 0.15) is 17.2 Å². The Morgan fingerprint density at radius 2 is 2.04 bits per heavy atom. The predicted molar refractivity (Wildman–Crippen MR) is 96.9 cm³/mol. The van der Waals surface area contributed by atoms with Gasteiger partial charge in [0, 0.05) is 35.0 Å². The third-order valence-corrected chi connectivity index (χ3v) is 4.04. The van der Waals surface area contributed by atoms with E-state index in [9.17, 15) is 19.3 Å². The Labute approximate surface area is 151 Å². The van der Waals surface area contributed by atoms with Crippen molar-refractivity contribution in [3.63, 3.8) is 0 Å². The number of hydrogen-bond acceptors (Lipinski definition) is 4. The van der Waals surface area contributed by atoms with Gasteiger partial charge in [-0.05, 0) is 30.3 Å². The number of nitro groups is 1. The van der Waals surface area contributed by atoms with Crippen molar-refractivity contribution < 1.29 is 14.1 Å². The van der Waals surface area contributed by atoms with Gasteiger partial charge in [0.2, 0.25) is 0 Å². The van der Waals surface area contributed by atoms with Crippen molar-refractivity contribution in [2.45, 2.75) is 0 Å². The molecule has 0 bridgehead atoms. The maximum Gasteiger partial charge on any atom is 0.272 e. The van der Waals surface area contributed by atoms with Crippen molar-refractivity contribution in [2.75, 3.05) is 5.32 Å². The molecule has 0 atom stereocenters. The zero-order valence-electron chi connectivity index (χ0n) is 13.7. The number of aromatic nitrogens is 3. The van der Waals surface area contributed by atoms with E-state index in [-0.39, 0.29) is 11.4 Å². The minimum atomic E-state index is -0.481. The number of rotatable bonds is 4. The highest BCUT2D eigenvalue weighted by atomic mass is 19.1. The summed E-state index contributed by atoms with van der Waals surface area (Å²) in [4.78, 5) is 25.7. The molecule has 0 unspecified atom stereocenters. The van der Waals surface area contributed by atoms with Crippen LogP contribution < -0.4 is 5.32 Å². The zero-order valence-corrected chi connectivity index (χ0v) is 13.7. The van der Waals surface area contributed by atoms with Crippen LogP contribution in [0, 0.1) is 15.9 Å². The van der Waals surface area contributed by atoms with Crippen LogP contribution in [0.5, 0.6) is 0 Å². The molecule has 9 heteroatoms. The number of amides is 1. The SMILES string of the molecule is O=C(Nc1cccc(F)c1)c1cc(-c2n[nH]c3ccc([N+](=O)[O-])cc23)c[nH]1. The van der Waals surface area contributed by atoms with E-state index in [1.807, 2.05) is 0 Å². The van der Waals surface area contributed by atoms with Crippen molar-refractivity contribution in [2.24, 2.45) is 0 Å². The van der Waals surface area contributed by atoms with E-state index < -0.39 is 16.6 Å². The van der Waals surface area contributed by atoms with Crippen LogP contribution in [0.1, 0.15) is 10.5 Å². The Morgan fingerprint density at radius 3 is 2.81 bits per heavy atom. The molecule has 27 heavy (non-hydrogen) atoms. The van der Waals surface area contributed by atoms with Gasteiger partial charge in [0.25, 0.3) is 11.6 Å². The molecule has 2 aromatic carbocycles. The Morgan fingerprint density at radius 1 is 1.19 bits per heavy atom. The largest absolute Gasteiger partial charge is 0.357 e. The number of nitrogens with zero attached hydrogens (tertiary/aromatic N) is 2. The first-order valence-electron chi connectivity index (χ1n) is 7.89. The Bertz CT molecular complexity index is 1180. The predicted octanol–water partition coefficient (Wildman–Crippen LogP) is 3.86. The highest BCUT2D eigenvalue weighted by Gasteiger charge is 2.16. The van der Waals surface area contributed by atoms with Crippen molar-refractivity contribution in [1.29, 1.82) is 0 Å². The lowest BCUT2D eigenvalue weighted by atomic mass is 10.1. The topological polar surface area (TPSA) is 117 Å². The number of carbonyl (C=O) groups excluding carboxylic acids is 1. The maximum absolute atomic E-state index is 13.2. The number of nitro benzene ring substituents is 1. The Balaban J connectivity index is 1.64. The fourth-order valence-corrected chi connectivity index (χ4v) is 2.76. The molecule has 2 aromatic heterocycles. The number of non-ortho nitro benzene ring substituents is 1. The average Bonchev–Trinajstić information content (AvgIpc) is 3.28. The van der Waals surface area contributed by atoms with E-state index in [2.05, 4.69) is 20.5 Å². The van der Waals surface area contributed by atoms with Gasteiger partial charge in [-0.15, -0.1) is 0 Å². The van der Waals surface area contributed by atoms with Gasteiger partial charge in [-0.1, -0.05) is 6.07 Å². The number of benzene rings is 2. The molecule has 0 aliphatic carbocycles. The fraction of sp³-hybridized carbons (Fsp3) is 0. The minimum absolute atomic E-state index is 0.0512. The summed E-state index contributed by atoms with van der Waals surface area (Å²) in [6.07, 6.45) is 1.58. The van der Waals surface area contributed by atoms with Crippen LogP contribution in [0.25, 0.3) is 22.2 Å². The molecule has 1 amide bonds. The second-order valence-corrected chi connectivity index (χ2v) is 5.83. The molecule has 134 valence electrons. The lowest BCUT2D eigenvalue weighted by Gasteiger charge is -2.03. The molecule has 4 rings (SSSR count). The summed E-state index contributed by atoms with van der Waals surface area (Å²) in [6.45, 7) is 0. The minimum Gasteiger partial charge on any atom is -0.357 e. The highest BCUT2D eigenvalue weighted by molar-refractivity contribution is 6.04. The van der Waals surface area contributed by atoms with Gasteiger partial charge < -0.3 is 10.3 Å². The number of carbonyl (C=O) groups is 1. The van der Waals surface area contributed by atoms with Crippen LogP contribution in [0.4, 0.5) is 15.8 Å². The summed E-state index contributed by atoms with van der Waals surface area (Å²) in [5.74, 6) is -0.901. The Hall–Kier alpha value is -4.01. The van der Waals surface area contributed by atoms with Gasteiger partial charge in [0.05, 0.1) is 10.4 Å². The van der Waals surface area contributed by atoms with Crippen molar-refractivity contribution in [1.82, 2.24) is 15.2 Å². The van der Waals surface area contributed by atoms with E-state index in [0.29, 0.717) is 27.8 Å². The smallest absolute Gasteiger partial charge is 0.272 e. The van der Waals surface area contributed by atoms with Crippen LogP contribution >= 0.6 is 0 Å². The number of anilines is 1. The van der Waals surface area contributed by atoms with Gasteiger partial charge in [-0.2, -0.15) is 5.10 Å². The first-order chi connectivity index (χ1) is 13.0. The maximum atomic E-state index is 13.2. The molecule has 0 aliphatic heterocycles. The van der Waals surface area contributed by atoms with Crippen LogP contribution in [0.15, 0.2) is 54.7 Å². The monoisotopic (exact) mass is 365 g/mol. The summed E-state index contributed by atoms with van der Waals surface area (Å²) in [5.41, 5.74) is 2.24. The molecule has 2 heterocycles. The standard InChI is InChI=1S/C18H12FN5O3/c19-11-2-1-3-12(7-11)21-18(25)16-6-10(9-20-16)17-14-8-13(24(26)27)4-5-15(14)22-23-17/h1-9,20H,(H,21,25)(H,22,23). The number of aromatic amines is 2. The molecule has 0 spiro atoms. The first-order valence-corrected chi connectivity index (χ1v) is 7.89. The first kappa shape index (κ1) is 16.5. The average molecular weight is 365 g/mol. The third-order valence-electron chi connectivity index (χ3n) is 4.04. The Kier molecular flexibility index (Phi) is 3.88. The fourth-order valence-electron chi connectivity index (χ4n) is 2.76. The normalized spacial score (nSPS) is 10.9. The highest BCUT2D eigenvalue weighted by Crippen LogP contribution is 2.29. The van der Waals surface area contributed by atoms with Crippen molar-refractivity contribution in [3.05, 3.63) is 76.4 Å². The van der Waals surface area contributed by atoms with Gasteiger partial charge in [-0.3, -0.25) is 20.0 Å². The summed E-state index contributed by atoms with van der Waals surface area (Å²) in [7, 11) is 0. The summed E-state index contributed by atoms with van der Waals surface area (Å²) >= 11 is 0. The van der Waals surface area contributed by atoms with E-state index in [4.69, 9.17) is 0 Å². The molecule has 0 saturated carbocycles. The van der Waals surface area contributed by atoms with Crippen molar-refractivity contribution >= 4 is 28.2 Å². The molecule has 3 N–H and O–H groups in total. The van der Waals surface area contributed by atoms with Crippen LogP contribution in [-0.2, 0) is 0 Å². The lowest BCUT2D eigenvalue weighted by Crippen LogP contribution is -2.12. The molecule has 0 saturated heterocycles. The van der Waals surface area contributed by atoms with E-state index in [1.54, 1.807) is 24.4 Å². The van der Waals surface area contributed by atoms with Gasteiger partial charge in [0.15, 0.2) is 0 Å². The van der Waals surface area contributed by atoms with Crippen LogP contribution in [0.3, 0.4) is 0 Å². The molecule has 0 aliphatic rings. The van der Waals surface area contributed by atoms with E-state index >= 15 is 0 Å². The van der Waals surface area contributed by atoms with Crippen molar-refractivity contribution in [3.8, 4) is 11.3 Å². The number of fused-ring (bicyclic) bond motifs is 1. The molecular formula is C18H12FN5O3. The van der Waals surface area contributed by atoms with Gasteiger partial charge in [-0.25, -0.2) is 4.39 Å². The lowest BCUT2D eigenvalue weighted by molar-refractivity contribution is -0.384. The summed E-state index contributed by atoms with van der Waals surface area (Å²) in [6, 6.07) is 11.5. The quantitative estimate of drug-likeness (QED) is 0.376. The second kappa shape index (κ2) is 6.37. The van der Waals surface area contributed by atoms with Gasteiger partial charge >= 0.3 is 0 Å². The second-order valence-electron chi connectivity index (χ2n) is 5.83. The van der Waals surface area contributed by atoms with E-state index in [0.717, 1.165) is 0 Å². The molecule has 4 aromatic rings. The molecule has 8 nitrogen and oxygen atoms in total. The van der Waals surface area contributed by atoms with E-state index in [1.165, 1.54) is 30.3 Å². The number of nitrogens with one attached hydrogen (secondary N) is 3. The van der Waals surface area contributed by atoms with Crippen LogP contribution in [-0.4, -0.2) is 26.0 Å². The van der Waals surface area contributed by atoms with Crippen LogP contribution in [0.2, 0.25) is 0 Å². The summed E-state index contributed by atoms with van der Waals surface area (Å²) in [5, 5.41) is 21.1. The summed E-state index contributed by atoms with van der Waals surface area (Å²) < 4.78 is 13.2. The molecule has 0 radical (unpaired) electrons. The zero-order chi connectivity index (χ0) is 19.0. The number of H-pyrrole nitrogens is 2.